The Kier molecular flexibility index (Phi) is 42.5. The number of hydrogen-bond donors (Lipinski definition) is 12. The van der Waals surface area contributed by atoms with Crippen molar-refractivity contribution in [2.45, 2.75) is 304 Å². The average molecular weight is 1200 g/mol. The molecule has 0 saturated carbocycles. The number of carbonyl (C=O) groups is 1. The Labute approximate surface area is 502 Å². The fraction of sp³-hybridized carbons (Fsp3) is 0.800. The maximum Gasteiger partial charge on any atom is 0.220 e. The van der Waals surface area contributed by atoms with Crippen molar-refractivity contribution < 1.29 is 89.4 Å². The summed E-state index contributed by atoms with van der Waals surface area (Å²) in [7, 11) is 0. The predicted molar refractivity (Wildman–Crippen MR) is 323 cm³/mol. The highest BCUT2D eigenvalue weighted by molar-refractivity contribution is 5.76. The summed E-state index contributed by atoms with van der Waals surface area (Å²) in [5.41, 5.74) is 0. The quantitative estimate of drug-likeness (QED) is 0.0216. The molecule has 19 heteroatoms. The molecular formula is C65H113NO18. The van der Waals surface area contributed by atoms with Gasteiger partial charge in [0.05, 0.1) is 38.6 Å². The van der Waals surface area contributed by atoms with Crippen molar-refractivity contribution >= 4 is 5.91 Å². The lowest BCUT2D eigenvalue weighted by Crippen LogP contribution is -2.66. The first kappa shape index (κ1) is 75.5. The van der Waals surface area contributed by atoms with Gasteiger partial charge in [0, 0.05) is 6.42 Å². The van der Waals surface area contributed by atoms with Gasteiger partial charge in [0.15, 0.2) is 18.9 Å². The van der Waals surface area contributed by atoms with E-state index in [4.69, 9.17) is 28.4 Å². The fourth-order valence-electron chi connectivity index (χ4n) is 10.5. The van der Waals surface area contributed by atoms with Gasteiger partial charge in [-0.05, 0) is 70.6 Å². The first-order chi connectivity index (χ1) is 40.8. The molecule has 0 aromatic rings. The number of aliphatic hydroxyl groups is 11. The highest BCUT2D eigenvalue weighted by Crippen LogP contribution is 2.33. The fourth-order valence-corrected chi connectivity index (χ4v) is 10.5. The van der Waals surface area contributed by atoms with Crippen molar-refractivity contribution in [1.82, 2.24) is 5.32 Å². The molecule has 3 fully saturated rings. The Morgan fingerprint density at radius 2 is 0.833 bits per heavy atom. The molecule has 0 bridgehead atoms. The molecule has 3 rings (SSSR count). The number of hydrogen-bond acceptors (Lipinski definition) is 18. The lowest BCUT2D eigenvalue weighted by Gasteiger charge is -2.48. The third-order valence-corrected chi connectivity index (χ3v) is 15.7. The summed E-state index contributed by atoms with van der Waals surface area (Å²) in [6, 6.07) is -0.990. The van der Waals surface area contributed by atoms with Crippen LogP contribution in [0.15, 0.2) is 72.9 Å². The van der Waals surface area contributed by atoms with Gasteiger partial charge in [0.25, 0.3) is 0 Å². The van der Waals surface area contributed by atoms with Crippen LogP contribution in [-0.4, -0.2) is 193 Å². The normalized spacial score (nSPS) is 29.7. The molecule has 486 valence electrons. The van der Waals surface area contributed by atoms with Crippen molar-refractivity contribution in [2.75, 3.05) is 26.4 Å². The topological polar surface area (TPSA) is 307 Å². The monoisotopic (exact) mass is 1200 g/mol. The minimum absolute atomic E-state index is 0.233. The second-order valence-corrected chi connectivity index (χ2v) is 22.8. The highest BCUT2D eigenvalue weighted by Gasteiger charge is 2.53. The van der Waals surface area contributed by atoms with Gasteiger partial charge >= 0.3 is 0 Å². The summed E-state index contributed by atoms with van der Waals surface area (Å²) in [6.07, 6.45) is 30.6. The molecule has 3 saturated heterocycles. The number of rotatable bonds is 47. The van der Waals surface area contributed by atoms with E-state index >= 15 is 0 Å². The standard InChI is InChI=1S/C65H113NO18/c1-3-5-7-9-11-13-15-16-17-18-19-20-21-22-23-24-25-26-27-28-29-30-31-32-33-35-37-39-41-43-53(71)66-48(49(70)42-40-38-36-34-14-12-10-8-6-4-2)47-79-63-59(77)56(74)61(51(45-68)81-63)84-65-60(78)57(75)62(52(46-69)82-65)83-64-58(76)55(73)54(72)50(44-67)80-64/h5,7,11,13-14,16-17,19-20,34,40,42,48-52,54-65,67-70,72-78H,3-4,6,8-10,12,15,18,21-33,35-39,41,43-47H2,1-2H3,(H,66,71)/b7-5-,13-11-,17-16-,20-19-,34-14+,42-40+. The molecule has 0 aromatic heterocycles. The van der Waals surface area contributed by atoms with Gasteiger partial charge in [0.1, 0.15) is 73.2 Å². The molecule has 12 N–H and O–H groups in total. The highest BCUT2D eigenvalue weighted by atomic mass is 16.8. The number of amides is 1. The van der Waals surface area contributed by atoms with E-state index in [-0.39, 0.29) is 18.9 Å². The van der Waals surface area contributed by atoms with E-state index in [1.165, 1.54) is 103 Å². The Morgan fingerprint density at radius 1 is 0.440 bits per heavy atom. The minimum Gasteiger partial charge on any atom is -0.394 e. The molecule has 17 atom stereocenters. The van der Waals surface area contributed by atoms with Crippen LogP contribution in [-0.2, 0) is 33.2 Å². The summed E-state index contributed by atoms with van der Waals surface area (Å²) < 4.78 is 34.2. The lowest BCUT2D eigenvalue weighted by molar-refractivity contribution is -0.379. The zero-order valence-electron chi connectivity index (χ0n) is 50.9. The summed E-state index contributed by atoms with van der Waals surface area (Å²) in [5.74, 6) is -0.290. The second-order valence-electron chi connectivity index (χ2n) is 22.8. The van der Waals surface area contributed by atoms with Crippen LogP contribution in [0.2, 0.25) is 0 Å². The Morgan fingerprint density at radius 3 is 1.33 bits per heavy atom. The molecule has 1 amide bonds. The molecule has 84 heavy (non-hydrogen) atoms. The molecule has 0 aromatic carbocycles. The maximum absolute atomic E-state index is 13.3. The molecule has 3 heterocycles. The van der Waals surface area contributed by atoms with E-state index in [2.05, 4.69) is 79.9 Å². The van der Waals surface area contributed by atoms with Gasteiger partial charge in [-0.1, -0.05) is 196 Å². The molecule has 19 nitrogen and oxygen atoms in total. The Hall–Kier alpha value is -2.77. The largest absolute Gasteiger partial charge is 0.394 e. The van der Waals surface area contributed by atoms with Crippen molar-refractivity contribution in [3.05, 3.63) is 72.9 Å². The molecule has 0 spiro atoms. The van der Waals surface area contributed by atoms with E-state index in [0.29, 0.717) is 12.8 Å². The van der Waals surface area contributed by atoms with Crippen molar-refractivity contribution in [1.29, 1.82) is 0 Å². The summed E-state index contributed by atoms with van der Waals surface area (Å²) in [4.78, 5) is 13.3. The molecule has 17 unspecified atom stereocenters. The smallest absolute Gasteiger partial charge is 0.220 e. The number of allylic oxidation sites excluding steroid dienone is 11. The van der Waals surface area contributed by atoms with Crippen LogP contribution in [0.5, 0.6) is 0 Å². The first-order valence-electron chi connectivity index (χ1n) is 32.2. The number of aliphatic hydroxyl groups excluding tert-OH is 11. The number of unbranched alkanes of at least 4 members (excludes halogenated alkanes) is 21. The van der Waals surface area contributed by atoms with Crippen LogP contribution in [0.3, 0.4) is 0 Å². The Bertz CT molecular complexity index is 1810. The van der Waals surface area contributed by atoms with Gasteiger partial charge in [0.2, 0.25) is 5.91 Å². The summed E-state index contributed by atoms with van der Waals surface area (Å²) in [5, 5.41) is 120. The first-order valence-corrected chi connectivity index (χ1v) is 32.2. The SMILES string of the molecule is CC/C=C\C/C=C\C/C=C\C/C=C\CCCCCCCCCCCCCCCCCCC(=O)NC(COC1OC(CO)C(OC2OC(CO)C(OC3OC(CO)C(O)C(O)C3O)C(O)C2O)C(O)C1O)C(O)/C=C/CC/C=C/CCCCCC. The maximum atomic E-state index is 13.3. The van der Waals surface area contributed by atoms with Crippen LogP contribution in [0, 0.1) is 0 Å². The van der Waals surface area contributed by atoms with E-state index in [9.17, 15) is 61.0 Å². The average Bonchev–Trinajstić information content (AvgIpc) is 2.80. The van der Waals surface area contributed by atoms with Crippen LogP contribution in [0.4, 0.5) is 0 Å². The Balaban J connectivity index is 1.38. The van der Waals surface area contributed by atoms with Crippen LogP contribution in [0.25, 0.3) is 0 Å². The minimum atomic E-state index is -1.98. The van der Waals surface area contributed by atoms with E-state index < -0.39 is 124 Å². The molecular weight excluding hydrogens is 1080 g/mol. The summed E-state index contributed by atoms with van der Waals surface area (Å²) in [6.45, 7) is 1.54. The molecule has 3 aliphatic rings. The second kappa shape index (κ2) is 47.3. The van der Waals surface area contributed by atoms with Gasteiger partial charge < -0.3 is 89.9 Å². The number of nitrogens with one attached hydrogen (secondary N) is 1. The predicted octanol–water partition coefficient (Wildman–Crippen LogP) is 6.99. The summed E-state index contributed by atoms with van der Waals surface area (Å²) >= 11 is 0. The molecule has 0 radical (unpaired) electrons. The molecule has 3 aliphatic heterocycles. The molecule has 0 aliphatic carbocycles. The van der Waals surface area contributed by atoms with E-state index in [0.717, 1.165) is 64.2 Å². The van der Waals surface area contributed by atoms with Gasteiger partial charge in [-0.25, -0.2) is 0 Å². The lowest BCUT2D eigenvalue weighted by atomic mass is 9.96. The number of ether oxygens (including phenoxy) is 6. The van der Waals surface area contributed by atoms with Crippen LogP contribution >= 0.6 is 0 Å². The van der Waals surface area contributed by atoms with Gasteiger partial charge in [-0.3, -0.25) is 4.79 Å². The third kappa shape index (κ3) is 30.0. The van der Waals surface area contributed by atoms with Crippen molar-refractivity contribution in [3.63, 3.8) is 0 Å². The van der Waals surface area contributed by atoms with Crippen LogP contribution in [0.1, 0.15) is 200 Å². The third-order valence-electron chi connectivity index (χ3n) is 15.7. The van der Waals surface area contributed by atoms with Gasteiger partial charge in [-0.2, -0.15) is 0 Å². The van der Waals surface area contributed by atoms with Crippen LogP contribution < -0.4 is 5.32 Å². The van der Waals surface area contributed by atoms with Gasteiger partial charge in [-0.15, -0.1) is 0 Å². The van der Waals surface area contributed by atoms with Crippen molar-refractivity contribution in [2.24, 2.45) is 0 Å². The van der Waals surface area contributed by atoms with E-state index in [1.54, 1.807) is 6.08 Å². The van der Waals surface area contributed by atoms with E-state index in [1.807, 2.05) is 6.08 Å². The zero-order valence-corrected chi connectivity index (χ0v) is 50.9. The zero-order chi connectivity index (χ0) is 61.2. The van der Waals surface area contributed by atoms with Crippen molar-refractivity contribution in [3.8, 4) is 0 Å². The number of carbonyl (C=O) groups excluding carboxylic acids is 1.